The summed E-state index contributed by atoms with van der Waals surface area (Å²) in [5, 5.41) is 0. The third-order valence-electron chi connectivity index (χ3n) is 3.28. The standard InChI is InChI=1S/C9H21NOSi/c1-11-12(2,3)9-6-4-8(10)5-7-9/h8-9H,4-7,10H2,1-3H3. The largest absolute Gasteiger partial charge is 0.420 e. The summed E-state index contributed by atoms with van der Waals surface area (Å²) in [6.45, 7) is 4.63. The van der Waals surface area contributed by atoms with Crippen LogP contribution in [0.2, 0.25) is 18.6 Å². The third-order valence-corrected chi connectivity index (χ3v) is 6.88. The van der Waals surface area contributed by atoms with E-state index in [0.29, 0.717) is 6.04 Å². The van der Waals surface area contributed by atoms with Gasteiger partial charge in [0.2, 0.25) is 0 Å². The van der Waals surface area contributed by atoms with Crippen LogP contribution in [0.1, 0.15) is 25.7 Å². The lowest BCUT2D eigenvalue weighted by Gasteiger charge is -2.35. The maximum atomic E-state index is 5.86. The van der Waals surface area contributed by atoms with Crippen molar-refractivity contribution in [3.63, 3.8) is 0 Å². The molecule has 12 heavy (non-hydrogen) atoms. The van der Waals surface area contributed by atoms with E-state index in [1.54, 1.807) is 0 Å². The van der Waals surface area contributed by atoms with Gasteiger partial charge in [-0.1, -0.05) is 0 Å². The number of nitrogens with two attached hydrogens (primary N) is 1. The van der Waals surface area contributed by atoms with Gasteiger partial charge in [-0.2, -0.15) is 0 Å². The second kappa shape index (κ2) is 3.90. The SMILES string of the molecule is CO[Si](C)(C)C1CCC(N)CC1. The van der Waals surface area contributed by atoms with Gasteiger partial charge < -0.3 is 10.2 Å². The second-order valence-electron chi connectivity index (χ2n) is 4.42. The van der Waals surface area contributed by atoms with Crippen LogP contribution in [-0.2, 0) is 4.43 Å². The Morgan fingerprint density at radius 3 is 2.08 bits per heavy atom. The molecule has 0 aromatic rings. The van der Waals surface area contributed by atoms with E-state index in [9.17, 15) is 0 Å². The maximum Gasteiger partial charge on any atom is 0.189 e. The average molecular weight is 187 g/mol. The van der Waals surface area contributed by atoms with Crippen LogP contribution in [0.4, 0.5) is 0 Å². The van der Waals surface area contributed by atoms with Crippen molar-refractivity contribution >= 4 is 8.32 Å². The van der Waals surface area contributed by atoms with Crippen molar-refractivity contribution in [1.29, 1.82) is 0 Å². The van der Waals surface area contributed by atoms with Gasteiger partial charge in [0.05, 0.1) is 0 Å². The summed E-state index contributed by atoms with van der Waals surface area (Å²) in [7, 11) is 0.500. The summed E-state index contributed by atoms with van der Waals surface area (Å²) in [4.78, 5) is 0. The van der Waals surface area contributed by atoms with Crippen LogP contribution >= 0.6 is 0 Å². The summed E-state index contributed by atoms with van der Waals surface area (Å²) < 4.78 is 5.61. The molecule has 1 rings (SSSR count). The summed E-state index contributed by atoms with van der Waals surface area (Å²) >= 11 is 0. The Hall–Kier alpha value is 0.137. The van der Waals surface area contributed by atoms with Gasteiger partial charge in [-0.25, -0.2) is 0 Å². The fraction of sp³-hybridized carbons (Fsp3) is 1.00. The molecule has 0 atom stereocenters. The molecule has 1 aliphatic carbocycles. The quantitative estimate of drug-likeness (QED) is 0.672. The zero-order valence-corrected chi connectivity index (χ0v) is 9.47. The second-order valence-corrected chi connectivity index (χ2v) is 8.85. The lowest BCUT2D eigenvalue weighted by atomic mass is 9.96. The first-order valence-electron chi connectivity index (χ1n) is 4.87. The zero-order chi connectivity index (χ0) is 9.19. The normalized spacial score (nSPS) is 32.0. The highest BCUT2D eigenvalue weighted by atomic mass is 28.4. The monoisotopic (exact) mass is 187 g/mol. The zero-order valence-electron chi connectivity index (χ0n) is 8.47. The molecule has 72 valence electrons. The first-order valence-corrected chi connectivity index (χ1v) is 7.85. The molecule has 0 aromatic heterocycles. The van der Waals surface area contributed by atoms with Crippen LogP contribution in [0.25, 0.3) is 0 Å². The van der Waals surface area contributed by atoms with Crippen molar-refractivity contribution < 1.29 is 4.43 Å². The van der Waals surface area contributed by atoms with E-state index >= 15 is 0 Å². The van der Waals surface area contributed by atoms with E-state index < -0.39 is 8.32 Å². The van der Waals surface area contributed by atoms with Crippen LogP contribution in [0.3, 0.4) is 0 Å². The summed E-state index contributed by atoms with van der Waals surface area (Å²) in [6.07, 6.45) is 4.97. The molecule has 2 nitrogen and oxygen atoms in total. The highest BCUT2D eigenvalue weighted by Gasteiger charge is 2.34. The van der Waals surface area contributed by atoms with E-state index in [1.807, 2.05) is 7.11 Å². The number of hydrogen-bond donors (Lipinski definition) is 1. The van der Waals surface area contributed by atoms with E-state index in [1.165, 1.54) is 25.7 Å². The first-order chi connectivity index (χ1) is 5.56. The number of rotatable bonds is 2. The fourth-order valence-corrected chi connectivity index (χ4v) is 4.04. The Morgan fingerprint density at radius 2 is 1.67 bits per heavy atom. The Morgan fingerprint density at radius 1 is 1.17 bits per heavy atom. The molecule has 3 heteroatoms. The van der Waals surface area contributed by atoms with E-state index in [4.69, 9.17) is 10.2 Å². The predicted octanol–water partition coefficient (Wildman–Crippen LogP) is 2.11. The Labute approximate surface area is 76.6 Å². The first kappa shape index (κ1) is 10.2. The van der Waals surface area contributed by atoms with Crippen molar-refractivity contribution in [2.45, 2.75) is 50.4 Å². The smallest absolute Gasteiger partial charge is 0.189 e. The third kappa shape index (κ3) is 2.31. The molecular formula is C9H21NOSi. The molecule has 0 heterocycles. The van der Waals surface area contributed by atoms with Crippen LogP contribution in [0, 0.1) is 0 Å². The topological polar surface area (TPSA) is 35.2 Å². The predicted molar refractivity (Wildman–Crippen MR) is 54.7 cm³/mol. The Kier molecular flexibility index (Phi) is 3.32. The molecule has 0 spiro atoms. The summed E-state index contributed by atoms with van der Waals surface area (Å²) in [5.41, 5.74) is 6.69. The van der Waals surface area contributed by atoms with Gasteiger partial charge in [0.1, 0.15) is 0 Å². The minimum atomic E-state index is -1.36. The maximum absolute atomic E-state index is 5.86. The molecule has 0 unspecified atom stereocenters. The molecule has 1 saturated carbocycles. The van der Waals surface area contributed by atoms with Crippen molar-refractivity contribution in [3.8, 4) is 0 Å². The molecular weight excluding hydrogens is 166 g/mol. The highest BCUT2D eigenvalue weighted by molar-refractivity contribution is 6.72. The van der Waals surface area contributed by atoms with Gasteiger partial charge in [-0.15, -0.1) is 0 Å². The molecule has 0 radical (unpaired) electrons. The van der Waals surface area contributed by atoms with Crippen molar-refractivity contribution in [2.24, 2.45) is 5.73 Å². The van der Waals surface area contributed by atoms with Gasteiger partial charge in [0, 0.05) is 13.2 Å². The van der Waals surface area contributed by atoms with Gasteiger partial charge in [-0.05, 0) is 44.3 Å². The molecule has 0 aliphatic heterocycles. The van der Waals surface area contributed by atoms with Crippen LogP contribution < -0.4 is 5.73 Å². The lowest BCUT2D eigenvalue weighted by Crippen LogP contribution is -2.39. The van der Waals surface area contributed by atoms with Gasteiger partial charge in [0.15, 0.2) is 8.32 Å². The molecule has 0 amide bonds. The van der Waals surface area contributed by atoms with Crippen LogP contribution in [0.5, 0.6) is 0 Å². The van der Waals surface area contributed by atoms with Crippen molar-refractivity contribution in [1.82, 2.24) is 0 Å². The lowest BCUT2D eigenvalue weighted by molar-refractivity contribution is 0.351. The molecule has 1 fully saturated rings. The van der Waals surface area contributed by atoms with Crippen molar-refractivity contribution in [3.05, 3.63) is 0 Å². The molecule has 2 N–H and O–H groups in total. The molecule has 0 saturated heterocycles. The highest BCUT2D eigenvalue weighted by Crippen LogP contribution is 2.36. The fourth-order valence-electron chi connectivity index (χ4n) is 1.98. The van der Waals surface area contributed by atoms with Crippen LogP contribution in [0.15, 0.2) is 0 Å². The molecule has 1 aliphatic rings. The Balaban J connectivity index is 2.44. The van der Waals surface area contributed by atoms with E-state index in [0.717, 1.165) is 5.54 Å². The van der Waals surface area contributed by atoms with E-state index in [2.05, 4.69) is 13.1 Å². The number of hydrogen-bond acceptors (Lipinski definition) is 2. The van der Waals surface area contributed by atoms with Gasteiger partial charge >= 0.3 is 0 Å². The van der Waals surface area contributed by atoms with Gasteiger partial charge in [-0.3, -0.25) is 0 Å². The van der Waals surface area contributed by atoms with Crippen LogP contribution in [-0.4, -0.2) is 21.5 Å². The molecule has 0 bridgehead atoms. The van der Waals surface area contributed by atoms with Gasteiger partial charge in [0.25, 0.3) is 0 Å². The minimum Gasteiger partial charge on any atom is -0.420 e. The minimum absolute atomic E-state index is 0.461. The molecule has 0 aromatic carbocycles. The summed E-state index contributed by atoms with van der Waals surface area (Å²) in [6, 6.07) is 0.461. The van der Waals surface area contributed by atoms with E-state index in [-0.39, 0.29) is 0 Å². The average Bonchev–Trinajstić information content (AvgIpc) is 2.05. The van der Waals surface area contributed by atoms with Crippen molar-refractivity contribution in [2.75, 3.05) is 7.11 Å². The summed E-state index contributed by atoms with van der Waals surface area (Å²) in [5.74, 6) is 0. The Bertz CT molecular complexity index is 141.